The molecule has 3 N–H and O–H groups in total. The van der Waals surface area contributed by atoms with Crippen LogP contribution in [0, 0.1) is 27.2 Å². The van der Waals surface area contributed by atoms with Gasteiger partial charge in [-0.1, -0.05) is 18.2 Å². The number of amides is 1. The Morgan fingerprint density at radius 1 is 1.13 bits per heavy atom. The Labute approximate surface area is 130 Å². The molecule has 0 radical (unpaired) electrons. The standard InChI is InChI=1S/C14H12N4O5/c1-8-4-2-3-5-11(8)16-13-10(14(15)19)6-9(17(20)21)7-12(13)18(22)23/h2-7,16H,1H3,(H2,15,19). The van der Waals surface area contributed by atoms with Crippen molar-refractivity contribution in [2.24, 2.45) is 5.73 Å². The molecule has 23 heavy (non-hydrogen) atoms. The minimum Gasteiger partial charge on any atom is -0.366 e. The number of benzene rings is 2. The van der Waals surface area contributed by atoms with E-state index in [2.05, 4.69) is 5.32 Å². The number of carbonyl (C=O) groups is 1. The van der Waals surface area contributed by atoms with E-state index in [1.54, 1.807) is 31.2 Å². The smallest absolute Gasteiger partial charge is 0.300 e. The van der Waals surface area contributed by atoms with Crippen molar-refractivity contribution in [2.75, 3.05) is 5.32 Å². The van der Waals surface area contributed by atoms with Crippen LogP contribution >= 0.6 is 0 Å². The summed E-state index contributed by atoms with van der Waals surface area (Å²) in [5.74, 6) is -1.01. The van der Waals surface area contributed by atoms with Gasteiger partial charge in [0.2, 0.25) is 0 Å². The third-order valence-electron chi connectivity index (χ3n) is 3.18. The van der Waals surface area contributed by atoms with Crippen molar-refractivity contribution in [3.8, 4) is 0 Å². The Kier molecular flexibility index (Phi) is 4.21. The van der Waals surface area contributed by atoms with Crippen LogP contribution in [0.25, 0.3) is 0 Å². The van der Waals surface area contributed by atoms with Gasteiger partial charge in [0, 0.05) is 11.8 Å². The predicted molar refractivity (Wildman–Crippen MR) is 82.7 cm³/mol. The fourth-order valence-electron chi connectivity index (χ4n) is 2.03. The van der Waals surface area contributed by atoms with E-state index < -0.39 is 27.1 Å². The van der Waals surface area contributed by atoms with Gasteiger partial charge in [-0.2, -0.15) is 0 Å². The molecule has 0 atom stereocenters. The summed E-state index contributed by atoms with van der Waals surface area (Å²) in [5, 5.41) is 24.9. The average Bonchev–Trinajstić information content (AvgIpc) is 2.48. The number of nitro groups is 2. The summed E-state index contributed by atoms with van der Waals surface area (Å²) in [6.07, 6.45) is 0. The van der Waals surface area contributed by atoms with Crippen molar-refractivity contribution in [2.45, 2.75) is 6.92 Å². The van der Waals surface area contributed by atoms with Gasteiger partial charge in [-0.05, 0) is 18.6 Å². The lowest BCUT2D eigenvalue weighted by atomic mass is 10.1. The number of nitrogens with one attached hydrogen (secondary N) is 1. The van der Waals surface area contributed by atoms with Gasteiger partial charge in [-0.25, -0.2) is 0 Å². The van der Waals surface area contributed by atoms with Crippen molar-refractivity contribution in [3.05, 3.63) is 67.8 Å². The summed E-state index contributed by atoms with van der Waals surface area (Å²) < 4.78 is 0. The first-order valence-electron chi connectivity index (χ1n) is 6.40. The molecule has 1 amide bonds. The van der Waals surface area contributed by atoms with Crippen LogP contribution in [-0.2, 0) is 0 Å². The molecule has 0 heterocycles. The van der Waals surface area contributed by atoms with Crippen molar-refractivity contribution in [1.82, 2.24) is 0 Å². The molecule has 2 rings (SSSR count). The van der Waals surface area contributed by atoms with Gasteiger partial charge >= 0.3 is 0 Å². The molecular weight excluding hydrogens is 304 g/mol. The fraction of sp³-hybridized carbons (Fsp3) is 0.0714. The Morgan fingerprint density at radius 2 is 1.78 bits per heavy atom. The highest BCUT2D eigenvalue weighted by molar-refractivity contribution is 6.02. The van der Waals surface area contributed by atoms with Crippen molar-refractivity contribution < 1.29 is 14.6 Å². The van der Waals surface area contributed by atoms with Gasteiger partial charge in [-0.15, -0.1) is 0 Å². The first kappa shape index (κ1) is 15.9. The number of rotatable bonds is 5. The second kappa shape index (κ2) is 6.10. The molecule has 0 unspecified atom stereocenters. The van der Waals surface area contributed by atoms with Crippen LogP contribution in [0.15, 0.2) is 36.4 Å². The molecular formula is C14H12N4O5. The zero-order chi connectivity index (χ0) is 17.1. The first-order valence-corrected chi connectivity index (χ1v) is 6.40. The Bertz CT molecular complexity index is 784. The normalized spacial score (nSPS) is 10.1. The number of non-ortho nitro benzene ring substituents is 1. The number of aryl methyl sites for hydroxylation is 1. The van der Waals surface area contributed by atoms with Crippen molar-refractivity contribution >= 4 is 28.7 Å². The van der Waals surface area contributed by atoms with Crippen molar-refractivity contribution in [3.63, 3.8) is 0 Å². The largest absolute Gasteiger partial charge is 0.366 e. The molecule has 0 aliphatic carbocycles. The Morgan fingerprint density at radius 3 is 2.30 bits per heavy atom. The average molecular weight is 316 g/mol. The number of hydrogen-bond donors (Lipinski definition) is 2. The summed E-state index contributed by atoms with van der Waals surface area (Å²) >= 11 is 0. The molecule has 0 saturated carbocycles. The van der Waals surface area contributed by atoms with Crippen LogP contribution in [0.4, 0.5) is 22.7 Å². The monoisotopic (exact) mass is 316 g/mol. The molecule has 2 aromatic rings. The maximum atomic E-state index is 11.6. The summed E-state index contributed by atoms with van der Waals surface area (Å²) in [4.78, 5) is 32.1. The number of nitrogens with zero attached hydrogens (tertiary/aromatic N) is 2. The van der Waals surface area contributed by atoms with Gasteiger partial charge < -0.3 is 11.1 Å². The van der Waals surface area contributed by atoms with Crippen LogP contribution in [-0.4, -0.2) is 15.8 Å². The van der Waals surface area contributed by atoms with Gasteiger partial charge in [0.25, 0.3) is 17.3 Å². The van der Waals surface area contributed by atoms with E-state index in [1.165, 1.54) is 0 Å². The third-order valence-corrected chi connectivity index (χ3v) is 3.18. The van der Waals surface area contributed by atoms with Gasteiger partial charge in [-0.3, -0.25) is 25.0 Å². The van der Waals surface area contributed by atoms with Crippen molar-refractivity contribution in [1.29, 1.82) is 0 Å². The zero-order valence-corrected chi connectivity index (χ0v) is 12.0. The molecule has 0 aromatic heterocycles. The molecule has 0 aliphatic heterocycles. The quantitative estimate of drug-likeness (QED) is 0.641. The number of carbonyl (C=O) groups excluding carboxylic acids is 1. The number of anilines is 2. The van der Waals surface area contributed by atoms with E-state index in [0.717, 1.165) is 17.7 Å². The summed E-state index contributed by atoms with van der Waals surface area (Å²) in [6.45, 7) is 1.77. The number of nitro benzene ring substituents is 2. The molecule has 0 aliphatic rings. The summed E-state index contributed by atoms with van der Waals surface area (Å²) in [7, 11) is 0. The Balaban J connectivity index is 2.69. The second-order valence-electron chi connectivity index (χ2n) is 4.71. The van der Waals surface area contributed by atoms with E-state index in [9.17, 15) is 25.0 Å². The molecule has 118 valence electrons. The highest BCUT2D eigenvalue weighted by atomic mass is 16.6. The summed E-state index contributed by atoms with van der Waals surface area (Å²) in [6, 6.07) is 8.61. The lowest BCUT2D eigenvalue weighted by Crippen LogP contribution is -2.15. The molecule has 9 heteroatoms. The van der Waals surface area contributed by atoms with E-state index in [1.807, 2.05) is 0 Å². The first-order chi connectivity index (χ1) is 10.8. The molecule has 2 aromatic carbocycles. The zero-order valence-electron chi connectivity index (χ0n) is 12.0. The van der Waals surface area contributed by atoms with E-state index in [-0.39, 0.29) is 11.3 Å². The van der Waals surface area contributed by atoms with Gasteiger partial charge in [0.15, 0.2) is 0 Å². The van der Waals surface area contributed by atoms with Crippen LogP contribution in [0.3, 0.4) is 0 Å². The van der Waals surface area contributed by atoms with Crippen LogP contribution in [0.2, 0.25) is 0 Å². The molecule has 0 spiro atoms. The van der Waals surface area contributed by atoms with Gasteiger partial charge in [0.1, 0.15) is 5.69 Å². The Hall–Kier alpha value is -3.49. The highest BCUT2D eigenvalue weighted by Crippen LogP contribution is 2.35. The number of para-hydroxylation sites is 1. The lowest BCUT2D eigenvalue weighted by molar-refractivity contribution is -0.393. The van der Waals surface area contributed by atoms with Crippen LogP contribution < -0.4 is 11.1 Å². The van der Waals surface area contributed by atoms with E-state index >= 15 is 0 Å². The maximum absolute atomic E-state index is 11.6. The number of hydrogen-bond acceptors (Lipinski definition) is 6. The number of nitrogens with two attached hydrogens (primary N) is 1. The maximum Gasteiger partial charge on any atom is 0.300 e. The van der Waals surface area contributed by atoms with E-state index in [4.69, 9.17) is 5.73 Å². The van der Waals surface area contributed by atoms with E-state index in [0.29, 0.717) is 5.69 Å². The second-order valence-corrected chi connectivity index (χ2v) is 4.71. The lowest BCUT2D eigenvalue weighted by Gasteiger charge is -2.12. The van der Waals surface area contributed by atoms with Crippen LogP contribution in [0.1, 0.15) is 15.9 Å². The molecule has 9 nitrogen and oxygen atoms in total. The molecule has 0 fully saturated rings. The minimum absolute atomic E-state index is 0.178. The fourth-order valence-corrected chi connectivity index (χ4v) is 2.03. The minimum atomic E-state index is -1.01. The summed E-state index contributed by atoms with van der Waals surface area (Å²) in [5.41, 5.74) is 4.83. The van der Waals surface area contributed by atoms with Gasteiger partial charge in [0.05, 0.1) is 21.5 Å². The van der Waals surface area contributed by atoms with Crippen LogP contribution in [0.5, 0.6) is 0 Å². The topological polar surface area (TPSA) is 141 Å². The number of primary amides is 1. The third kappa shape index (κ3) is 3.23. The SMILES string of the molecule is Cc1ccccc1Nc1c(C(N)=O)cc([N+](=O)[O-])cc1[N+](=O)[O-]. The molecule has 0 bridgehead atoms. The predicted octanol–water partition coefficient (Wildman–Crippen LogP) is 2.65. The molecule has 0 saturated heterocycles. The highest BCUT2D eigenvalue weighted by Gasteiger charge is 2.26.